The van der Waals surface area contributed by atoms with E-state index in [1.165, 1.54) is 0 Å². The van der Waals surface area contributed by atoms with Gasteiger partial charge in [-0.3, -0.25) is 19.2 Å². The van der Waals surface area contributed by atoms with E-state index in [4.69, 9.17) is 28.4 Å². The average Bonchev–Trinajstić information content (AvgIpc) is 3.12. The summed E-state index contributed by atoms with van der Waals surface area (Å²) in [5.41, 5.74) is 0. The molecule has 0 aromatic heterocycles. The van der Waals surface area contributed by atoms with Gasteiger partial charge in [-0.1, -0.05) is 91.9 Å². The van der Waals surface area contributed by atoms with Gasteiger partial charge in [-0.2, -0.15) is 0 Å². The molecule has 15 heteroatoms. The molecule has 15 nitrogen and oxygen atoms in total. The Balaban J connectivity index is 3.60. The monoisotopic (exact) mass is 750 g/mol. The third-order valence-corrected chi connectivity index (χ3v) is 8.74. The predicted octanol–water partition coefficient (Wildman–Crippen LogP) is 3.50. The standard InChI is InChI=1S/C37H66O15/c1-5-9-13-14-18-22-30(43)51-35-34(50-29(42)21-17-12-8-4)33(49-28(41)20-16-11-7-3)26(24-47-27(40)19-15-10-6-2)48-37(35)52-36(46)32(45)31(44)25(39)23-38/h25-26,31-39,44-46H,5-24H2,1-4H3/t25-,26-,31+,32+,33-,34+,35+,36?,37+/m1/s1. The number of ether oxygens (including phenoxy) is 6. The number of rotatable bonds is 29. The van der Waals surface area contributed by atoms with Crippen LogP contribution >= 0.6 is 0 Å². The number of hydrogen-bond acceptors (Lipinski definition) is 15. The maximum Gasteiger partial charge on any atom is 0.306 e. The Bertz CT molecular complexity index is 994. The van der Waals surface area contributed by atoms with Gasteiger partial charge in [0.25, 0.3) is 0 Å². The quantitative estimate of drug-likeness (QED) is 0.0319. The Kier molecular flexibility index (Phi) is 25.7. The van der Waals surface area contributed by atoms with Crippen molar-refractivity contribution in [3.63, 3.8) is 0 Å². The van der Waals surface area contributed by atoms with Crippen molar-refractivity contribution in [3.05, 3.63) is 0 Å². The van der Waals surface area contributed by atoms with Gasteiger partial charge in [0, 0.05) is 25.7 Å². The molecular formula is C37H66O15. The first kappa shape index (κ1) is 47.6. The highest BCUT2D eigenvalue weighted by atomic mass is 16.8. The van der Waals surface area contributed by atoms with E-state index >= 15 is 0 Å². The topological polar surface area (TPSA) is 225 Å². The Labute approximate surface area is 308 Å². The fraction of sp³-hybridized carbons (Fsp3) is 0.892. The van der Waals surface area contributed by atoms with E-state index in [0.717, 1.165) is 64.2 Å². The van der Waals surface area contributed by atoms with Crippen LogP contribution in [0.1, 0.15) is 143 Å². The number of carbonyl (C=O) groups excluding carboxylic acids is 4. The molecule has 0 aromatic rings. The van der Waals surface area contributed by atoms with Crippen molar-refractivity contribution in [2.45, 2.75) is 199 Å². The van der Waals surface area contributed by atoms with Crippen LogP contribution in [0.3, 0.4) is 0 Å². The molecule has 0 bridgehead atoms. The molecule has 1 aliphatic rings. The van der Waals surface area contributed by atoms with Gasteiger partial charge in [0.05, 0.1) is 6.61 Å². The van der Waals surface area contributed by atoms with Gasteiger partial charge in [0.15, 0.2) is 24.6 Å². The molecule has 0 aromatic carbocycles. The van der Waals surface area contributed by atoms with E-state index in [-0.39, 0.29) is 25.7 Å². The minimum Gasteiger partial charge on any atom is -0.463 e. The van der Waals surface area contributed by atoms with Crippen LogP contribution in [0, 0.1) is 0 Å². The van der Waals surface area contributed by atoms with Crippen molar-refractivity contribution in [1.82, 2.24) is 0 Å². The van der Waals surface area contributed by atoms with Gasteiger partial charge in [0.1, 0.15) is 31.0 Å². The number of aliphatic hydroxyl groups excluding tert-OH is 5. The van der Waals surface area contributed by atoms with E-state index in [9.17, 15) is 44.7 Å². The van der Waals surface area contributed by atoms with Crippen LogP contribution in [0.5, 0.6) is 0 Å². The lowest BCUT2D eigenvalue weighted by Crippen LogP contribution is -2.64. The average molecular weight is 751 g/mol. The molecule has 0 amide bonds. The van der Waals surface area contributed by atoms with Crippen LogP contribution in [0.25, 0.3) is 0 Å². The van der Waals surface area contributed by atoms with Gasteiger partial charge >= 0.3 is 23.9 Å². The van der Waals surface area contributed by atoms with Crippen LogP contribution in [-0.4, -0.2) is 118 Å². The lowest BCUT2D eigenvalue weighted by Gasteiger charge is -2.45. The summed E-state index contributed by atoms with van der Waals surface area (Å²) < 4.78 is 34.7. The summed E-state index contributed by atoms with van der Waals surface area (Å²) in [5, 5.41) is 50.7. The zero-order valence-electron chi connectivity index (χ0n) is 31.7. The van der Waals surface area contributed by atoms with Crippen molar-refractivity contribution < 1.29 is 73.1 Å². The van der Waals surface area contributed by atoms with Crippen molar-refractivity contribution in [2.24, 2.45) is 0 Å². The SMILES string of the molecule is CCCCCCCC(=O)O[C@@H]1[C@H](OC(O)[C@@H](O)[C@@H](O)[C@H](O)CO)O[C@H](COC(=O)CCCCC)[C@@H](OC(=O)CCCCC)[C@@H]1OC(=O)CCCCC. The zero-order valence-corrected chi connectivity index (χ0v) is 31.7. The molecule has 1 unspecified atom stereocenters. The van der Waals surface area contributed by atoms with E-state index in [0.29, 0.717) is 25.7 Å². The molecule has 0 spiro atoms. The first-order chi connectivity index (χ1) is 24.9. The van der Waals surface area contributed by atoms with Crippen LogP contribution in [0.4, 0.5) is 0 Å². The summed E-state index contributed by atoms with van der Waals surface area (Å²) in [5.74, 6) is -2.66. The minimum atomic E-state index is -2.30. The van der Waals surface area contributed by atoms with Crippen LogP contribution < -0.4 is 0 Å². The van der Waals surface area contributed by atoms with Crippen LogP contribution in [0.15, 0.2) is 0 Å². The first-order valence-corrected chi connectivity index (χ1v) is 19.3. The predicted molar refractivity (Wildman–Crippen MR) is 187 cm³/mol. The maximum atomic E-state index is 13.2. The molecule has 1 rings (SSSR count). The minimum absolute atomic E-state index is 0.0170. The van der Waals surface area contributed by atoms with Gasteiger partial charge < -0.3 is 54.0 Å². The molecule has 9 atom stereocenters. The van der Waals surface area contributed by atoms with Crippen molar-refractivity contribution in [1.29, 1.82) is 0 Å². The second-order valence-corrected chi connectivity index (χ2v) is 13.4. The summed E-state index contributed by atoms with van der Waals surface area (Å²) in [6.07, 6.45) is -5.78. The Morgan fingerprint density at radius 2 is 0.981 bits per heavy atom. The van der Waals surface area contributed by atoms with E-state index in [1.807, 2.05) is 20.8 Å². The number of unbranched alkanes of at least 4 members (excludes halogenated alkanes) is 10. The molecule has 0 aliphatic carbocycles. The maximum absolute atomic E-state index is 13.2. The number of hydrogen-bond donors (Lipinski definition) is 5. The summed E-state index contributed by atoms with van der Waals surface area (Å²) in [6, 6.07) is 0. The van der Waals surface area contributed by atoms with Gasteiger partial charge in [-0.05, 0) is 25.7 Å². The molecule has 0 saturated carbocycles. The fourth-order valence-corrected chi connectivity index (χ4v) is 5.56. The van der Waals surface area contributed by atoms with Gasteiger partial charge in [0.2, 0.25) is 6.29 Å². The largest absolute Gasteiger partial charge is 0.463 e. The van der Waals surface area contributed by atoms with Crippen molar-refractivity contribution in [2.75, 3.05) is 13.2 Å². The Morgan fingerprint density at radius 3 is 1.48 bits per heavy atom. The van der Waals surface area contributed by atoms with Crippen molar-refractivity contribution >= 4 is 23.9 Å². The molecule has 1 aliphatic heterocycles. The Morgan fingerprint density at radius 1 is 0.558 bits per heavy atom. The van der Waals surface area contributed by atoms with Crippen LogP contribution in [-0.2, 0) is 47.6 Å². The number of carbonyl (C=O) groups is 4. The summed E-state index contributed by atoms with van der Waals surface area (Å²) >= 11 is 0. The number of esters is 4. The van der Waals surface area contributed by atoms with E-state index in [2.05, 4.69) is 6.92 Å². The summed E-state index contributed by atoms with van der Waals surface area (Å²) in [6.45, 7) is 6.51. The first-order valence-electron chi connectivity index (χ1n) is 19.3. The molecular weight excluding hydrogens is 684 g/mol. The fourth-order valence-electron chi connectivity index (χ4n) is 5.56. The van der Waals surface area contributed by atoms with Gasteiger partial charge in [-0.15, -0.1) is 0 Å². The van der Waals surface area contributed by atoms with Crippen LogP contribution in [0.2, 0.25) is 0 Å². The Hall–Kier alpha value is -2.40. The molecule has 1 fully saturated rings. The number of aliphatic hydroxyl groups is 5. The zero-order chi connectivity index (χ0) is 38.9. The molecule has 5 N–H and O–H groups in total. The highest BCUT2D eigenvalue weighted by Gasteiger charge is 2.54. The lowest BCUT2D eigenvalue weighted by molar-refractivity contribution is -0.349. The normalized spacial score (nSPS) is 22.5. The van der Waals surface area contributed by atoms with E-state index in [1.54, 1.807) is 0 Å². The van der Waals surface area contributed by atoms with Gasteiger partial charge in [-0.25, -0.2) is 0 Å². The molecule has 304 valence electrons. The molecule has 1 saturated heterocycles. The second kappa shape index (κ2) is 28.1. The molecule has 1 heterocycles. The summed E-state index contributed by atoms with van der Waals surface area (Å²) in [4.78, 5) is 52.3. The lowest BCUT2D eigenvalue weighted by atomic mass is 9.97. The highest BCUT2D eigenvalue weighted by Crippen LogP contribution is 2.32. The summed E-state index contributed by atoms with van der Waals surface area (Å²) in [7, 11) is 0. The van der Waals surface area contributed by atoms with Crippen molar-refractivity contribution in [3.8, 4) is 0 Å². The molecule has 52 heavy (non-hydrogen) atoms. The third-order valence-electron chi connectivity index (χ3n) is 8.74. The van der Waals surface area contributed by atoms with E-state index < -0.39 is 92.4 Å². The smallest absolute Gasteiger partial charge is 0.306 e. The molecule has 0 radical (unpaired) electrons. The second-order valence-electron chi connectivity index (χ2n) is 13.4. The third kappa shape index (κ3) is 18.6. The highest BCUT2D eigenvalue weighted by molar-refractivity contribution is 5.72.